The second kappa shape index (κ2) is 62.1. The first-order valence-corrected chi connectivity index (χ1v) is 30.7. The van der Waals surface area contributed by atoms with Gasteiger partial charge in [-0.05, 0) is 122 Å². The van der Waals surface area contributed by atoms with Gasteiger partial charge in [0.2, 0.25) is 0 Å². The van der Waals surface area contributed by atoms with Crippen molar-refractivity contribution in [1.82, 2.24) is 0 Å². The largest absolute Gasteiger partial charge is 0.462 e. The third-order valence-electron chi connectivity index (χ3n) is 12.6. The molecule has 0 fully saturated rings. The molecule has 424 valence electrons. The molecule has 0 bridgehead atoms. The van der Waals surface area contributed by atoms with Gasteiger partial charge in [0, 0.05) is 19.3 Å². The second-order valence-electron chi connectivity index (χ2n) is 19.9. The van der Waals surface area contributed by atoms with Crippen LogP contribution < -0.4 is 0 Å². The fourth-order valence-corrected chi connectivity index (χ4v) is 8.05. The van der Waals surface area contributed by atoms with Gasteiger partial charge >= 0.3 is 17.9 Å². The molecule has 6 nitrogen and oxygen atoms in total. The van der Waals surface area contributed by atoms with E-state index in [1.807, 2.05) is 0 Å². The van der Waals surface area contributed by atoms with Crippen LogP contribution in [0, 0.1) is 0 Å². The molecule has 0 saturated carbocycles. The van der Waals surface area contributed by atoms with Gasteiger partial charge in [0.1, 0.15) is 13.2 Å². The van der Waals surface area contributed by atoms with E-state index in [0.29, 0.717) is 19.3 Å². The number of carbonyl (C=O) groups is 3. The van der Waals surface area contributed by atoms with E-state index in [1.165, 1.54) is 77.0 Å². The summed E-state index contributed by atoms with van der Waals surface area (Å²) in [5.41, 5.74) is 0. The van der Waals surface area contributed by atoms with E-state index >= 15 is 0 Å². The molecule has 75 heavy (non-hydrogen) atoms. The minimum atomic E-state index is -0.799. The number of allylic oxidation sites excluding steroid dienone is 22. The van der Waals surface area contributed by atoms with Gasteiger partial charge in [0.25, 0.3) is 0 Å². The van der Waals surface area contributed by atoms with Crippen molar-refractivity contribution in [3.05, 3.63) is 134 Å². The molecule has 6 heteroatoms. The summed E-state index contributed by atoms with van der Waals surface area (Å²) in [6.07, 6.45) is 87.4. The molecule has 0 aliphatic rings. The molecule has 0 radical (unpaired) electrons. The molecular weight excluding hydrogens is 925 g/mol. The van der Waals surface area contributed by atoms with E-state index in [0.717, 1.165) is 148 Å². The van der Waals surface area contributed by atoms with E-state index in [9.17, 15) is 14.4 Å². The quantitative estimate of drug-likeness (QED) is 0.0261. The number of unbranched alkanes of at least 4 members (excludes halogenated alkanes) is 21. The summed E-state index contributed by atoms with van der Waals surface area (Å²) < 4.78 is 16.8. The number of carbonyl (C=O) groups excluding carboxylic acids is 3. The van der Waals surface area contributed by atoms with E-state index in [1.54, 1.807) is 0 Å². The average molecular weight is 1040 g/mol. The van der Waals surface area contributed by atoms with Crippen LogP contribution in [0.25, 0.3) is 0 Å². The second-order valence-corrected chi connectivity index (χ2v) is 19.9. The van der Waals surface area contributed by atoms with Crippen LogP contribution in [-0.2, 0) is 28.6 Å². The zero-order chi connectivity index (χ0) is 54.3. The zero-order valence-corrected chi connectivity index (χ0v) is 48.5. The van der Waals surface area contributed by atoms with Crippen LogP contribution in [0.15, 0.2) is 134 Å². The van der Waals surface area contributed by atoms with Crippen molar-refractivity contribution in [3.8, 4) is 0 Å². The fraction of sp³-hybridized carbons (Fsp3) is 0.638. The maximum absolute atomic E-state index is 12.9. The van der Waals surface area contributed by atoms with Gasteiger partial charge in [-0.25, -0.2) is 0 Å². The molecular formula is C69H112O6. The Kier molecular flexibility index (Phi) is 58.4. The molecule has 0 N–H and O–H groups in total. The van der Waals surface area contributed by atoms with Gasteiger partial charge in [-0.1, -0.05) is 257 Å². The van der Waals surface area contributed by atoms with Crippen molar-refractivity contribution in [1.29, 1.82) is 0 Å². The Balaban J connectivity index is 4.34. The Morgan fingerprint density at radius 1 is 0.280 bits per heavy atom. The third kappa shape index (κ3) is 60.3. The molecule has 0 aliphatic carbocycles. The van der Waals surface area contributed by atoms with Crippen LogP contribution in [-0.4, -0.2) is 37.2 Å². The van der Waals surface area contributed by atoms with Crippen LogP contribution in [0.2, 0.25) is 0 Å². The topological polar surface area (TPSA) is 78.9 Å². The van der Waals surface area contributed by atoms with E-state index in [4.69, 9.17) is 14.2 Å². The maximum Gasteiger partial charge on any atom is 0.306 e. The van der Waals surface area contributed by atoms with Gasteiger partial charge in [-0.15, -0.1) is 0 Å². The Morgan fingerprint density at radius 3 is 0.840 bits per heavy atom. The SMILES string of the molecule is CC/C=C\C/C=C\C/C=C\C/C=C\C/C=C\C/C=C\C/C=C\C/C=C\CCCCCCC(=O)OCC(COC(=O)CCCCCCCCCCC)OC(=O)CCCCCCCC/C=C\C/C=C\C/C=C\CCCCC. The number of esters is 3. The lowest BCUT2D eigenvalue weighted by atomic mass is 10.1. The van der Waals surface area contributed by atoms with Gasteiger partial charge < -0.3 is 14.2 Å². The molecule has 0 rings (SSSR count). The van der Waals surface area contributed by atoms with E-state index < -0.39 is 6.10 Å². The molecule has 0 aliphatic heterocycles. The number of hydrogen-bond donors (Lipinski definition) is 0. The third-order valence-corrected chi connectivity index (χ3v) is 12.6. The minimum Gasteiger partial charge on any atom is -0.462 e. The highest BCUT2D eigenvalue weighted by atomic mass is 16.6. The van der Waals surface area contributed by atoms with Crippen molar-refractivity contribution < 1.29 is 28.6 Å². The van der Waals surface area contributed by atoms with Gasteiger partial charge in [0.05, 0.1) is 0 Å². The first kappa shape index (κ1) is 70.5. The number of rotatable bonds is 54. The first-order valence-electron chi connectivity index (χ1n) is 30.7. The van der Waals surface area contributed by atoms with Crippen molar-refractivity contribution in [2.24, 2.45) is 0 Å². The Hall–Kier alpha value is -4.45. The fourth-order valence-electron chi connectivity index (χ4n) is 8.05. The van der Waals surface area contributed by atoms with Crippen LogP contribution in [0.4, 0.5) is 0 Å². The van der Waals surface area contributed by atoms with Gasteiger partial charge in [-0.2, -0.15) is 0 Å². The summed E-state index contributed by atoms with van der Waals surface area (Å²) in [6.45, 7) is 6.44. The highest BCUT2D eigenvalue weighted by Gasteiger charge is 2.19. The summed E-state index contributed by atoms with van der Waals surface area (Å²) >= 11 is 0. The van der Waals surface area contributed by atoms with Crippen LogP contribution >= 0.6 is 0 Å². The molecule has 1 atom stereocenters. The number of ether oxygens (including phenoxy) is 3. The summed E-state index contributed by atoms with van der Waals surface area (Å²) in [7, 11) is 0. The monoisotopic (exact) mass is 1040 g/mol. The Labute approximate surface area is 462 Å². The summed E-state index contributed by atoms with van der Waals surface area (Å²) in [4.78, 5) is 38.1. The predicted molar refractivity (Wildman–Crippen MR) is 325 cm³/mol. The van der Waals surface area contributed by atoms with Gasteiger partial charge in [0.15, 0.2) is 6.10 Å². The summed E-state index contributed by atoms with van der Waals surface area (Å²) in [6, 6.07) is 0. The lowest BCUT2D eigenvalue weighted by molar-refractivity contribution is -0.167. The molecule has 0 amide bonds. The highest BCUT2D eigenvalue weighted by molar-refractivity contribution is 5.71. The molecule has 1 unspecified atom stereocenters. The minimum absolute atomic E-state index is 0.0939. The molecule has 0 heterocycles. The van der Waals surface area contributed by atoms with E-state index in [-0.39, 0.29) is 31.1 Å². The molecule has 0 aromatic carbocycles. The van der Waals surface area contributed by atoms with Crippen LogP contribution in [0.3, 0.4) is 0 Å². The number of hydrogen-bond acceptors (Lipinski definition) is 6. The maximum atomic E-state index is 12.9. The lowest BCUT2D eigenvalue weighted by Crippen LogP contribution is -2.30. The molecule has 0 spiro atoms. The Morgan fingerprint density at radius 2 is 0.520 bits per heavy atom. The molecule has 0 aromatic heterocycles. The van der Waals surface area contributed by atoms with Crippen LogP contribution in [0.5, 0.6) is 0 Å². The van der Waals surface area contributed by atoms with Crippen molar-refractivity contribution in [3.63, 3.8) is 0 Å². The predicted octanol–water partition coefficient (Wildman–Crippen LogP) is 21.0. The van der Waals surface area contributed by atoms with Crippen molar-refractivity contribution in [2.45, 2.75) is 271 Å². The van der Waals surface area contributed by atoms with Crippen molar-refractivity contribution in [2.75, 3.05) is 13.2 Å². The van der Waals surface area contributed by atoms with E-state index in [2.05, 4.69) is 154 Å². The smallest absolute Gasteiger partial charge is 0.306 e. The summed E-state index contributed by atoms with van der Waals surface area (Å²) in [5, 5.41) is 0. The normalized spacial score (nSPS) is 13.1. The lowest BCUT2D eigenvalue weighted by Gasteiger charge is -2.18. The Bertz CT molecular complexity index is 1620. The van der Waals surface area contributed by atoms with Crippen LogP contribution in [0.1, 0.15) is 265 Å². The van der Waals surface area contributed by atoms with Crippen molar-refractivity contribution >= 4 is 17.9 Å². The zero-order valence-electron chi connectivity index (χ0n) is 48.5. The molecule has 0 saturated heterocycles. The first-order chi connectivity index (χ1) is 37.0. The summed E-state index contributed by atoms with van der Waals surface area (Å²) in [5.74, 6) is -0.937. The molecule has 0 aromatic rings. The average Bonchev–Trinajstić information content (AvgIpc) is 3.41. The standard InChI is InChI=1S/C69H112O6/c1-4-7-10-13-16-19-21-23-25-27-29-30-31-32-33-34-35-36-37-38-40-41-43-45-47-50-53-56-59-62-68(71)74-65-66(64-73-67(70)61-58-55-52-49-18-15-12-9-6-3)75-69(72)63-60-57-54-51-48-46-44-42-39-28-26-24-22-20-17-14-11-8-5-2/h7,10,16-17,19-20,23-26,29-30,32-33,35-36,38-40,42-43,45,66H,4-6,8-9,11-15,18,21-22,27-28,31,34,37,41,44,46-65H2,1-3H3/b10-7-,19-16-,20-17-,25-23-,26-24-,30-29-,33-32-,36-35-,40-38-,42-39-,45-43-. The highest BCUT2D eigenvalue weighted by Crippen LogP contribution is 2.14. The van der Waals surface area contributed by atoms with Gasteiger partial charge in [-0.3, -0.25) is 14.4 Å².